The van der Waals surface area contributed by atoms with Gasteiger partial charge in [-0.05, 0) is 30.5 Å². The standard InChI is InChI=1S/C18H16ClNO5S2/c1-11-15(20-18(25-11)16-3-2-4-26-16)9-27(21,22)8-13-6-14(19)5-12-7-23-10-24-17(12)13/h2-6H,7-10H2,1H3. The highest BCUT2D eigenvalue weighted by Crippen LogP contribution is 2.33. The Balaban J connectivity index is 1.60. The summed E-state index contributed by atoms with van der Waals surface area (Å²) in [6.45, 7) is 2.15. The molecule has 0 radical (unpaired) electrons. The third kappa shape index (κ3) is 4.03. The lowest BCUT2D eigenvalue weighted by Crippen LogP contribution is -2.15. The summed E-state index contributed by atoms with van der Waals surface area (Å²) in [6.07, 6.45) is 0. The van der Waals surface area contributed by atoms with Gasteiger partial charge in [0.25, 0.3) is 0 Å². The summed E-state index contributed by atoms with van der Waals surface area (Å²) in [4.78, 5) is 5.23. The molecule has 1 aliphatic heterocycles. The van der Waals surface area contributed by atoms with E-state index in [2.05, 4.69) is 4.98 Å². The van der Waals surface area contributed by atoms with Gasteiger partial charge in [0.1, 0.15) is 11.5 Å². The first-order valence-corrected chi connectivity index (χ1v) is 11.2. The number of aromatic nitrogens is 1. The molecule has 2 aromatic heterocycles. The summed E-state index contributed by atoms with van der Waals surface area (Å²) in [5.74, 6) is 1.06. The molecule has 1 aliphatic rings. The molecule has 6 nitrogen and oxygen atoms in total. The number of halogens is 1. The van der Waals surface area contributed by atoms with E-state index >= 15 is 0 Å². The smallest absolute Gasteiger partial charge is 0.236 e. The van der Waals surface area contributed by atoms with E-state index in [1.807, 2.05) is 17.5 Å². The molecular weight excluding hydrogens is 410 g/mol. The molecule has 0 aliphatic carbocycles. The first-order valence-electron chi connectivity index (χ1n) is 8.14. The molecule has 3 aromatic rings. The van der Waals surface area contributed by atoms with E-state index in [9.17, 15) is 8.42 Å². The predicted molar refractivity (Wildman–Crippen MR) is 103 cm³/mol. The maximum absolute atomic E-state index is 12.8. The molecule has 9 heteroatoms. The number of hydrogen-bond acceptors (Lipinski definition) is 7. The van der Waals surface area contributed by atoms with Gasteiger partial charge >= 0.3 is 0 Å². The summed E-state index contributed by atoms with van der Waals surface area (Å²) in [7, 11) is -3.51. The summed E-state index contributed by atoms with van der Waals surface area (Å²) >= 11 is 7.61. The van der Waals surface area contributed by atoms with Crippen LogP contribution in [0.1, 0.15) is 22.6 Å². The van der Waals surface area contributed by atoms with Gasteiger partial charge < -0.3 is 13.9 Å². The third-order valence-corrected chi connectivity index (χ3v) is 6.65. The van der Waals surface area contributed by atoms with Crippen molar-refractivity contribution >= 4 is 32.8 Å². The van der Waals surface area contributed by atoms with E-state index in [1.165, 1.54) is 11.3 Å². The Morgan fingerprint density at radius 3 is 2.93 bits per heavy atom. The number of rotatable bonds is 5. The normalized spacial score (nSPS) is 14.0. The van der Waals surface area contributed by atoms with Crippen molar-refractivity contribution in [2.75, 3.05) is 6.79 Å². The Hall–Kier alpha value is -1.87. The Bertz CT molecular complexity index is 1070. The number of fused-ring (bicyclic) bond motifs is 1. The lowest BCUT2D eigenvalue weighted by atomic mass is 10.1. The van der Waals surface area contributed by atoms with Crippen LogP contribution in [-0.4, -0.2) is 20.2 Å². The third-order valence-electron chi connectivity index (χ3n) is 4.11. The van der Waals surface area contributed by atoms with Crippen molar-refractivity contribution in [1.82, 2.24) is 4.98 Å². The van der Waals surface area contributed by atoms with E-state index in [1.54, 1.807) is 19.1 Å². The molecule has 0 fully saturated rings. The van der Waals surface area contributed by atoms with Crippen LogP contribution >= 0.6 is 22.9 Å². The molecule has 0 saturated heterocycles. The molecule has 0 unspecified atom stereocenters. The van der Waals surface area contributed by atoms with Gasteiger partial charge in [-0.2, -0.15) is 0 Å². The van der Waals surface area contributed by atoms with E-state index in [4.69, 9.17) is 25.5 Å². The van der Waals surface area contributed by atoms with Crippen LogP contribution in [0, 0.1) is 6.92 Å². The van der Waals surface area contributed by atoms with Gasteiger partial charge in [0, 0.05) is 16.1 Å². The van der Waals surface area contributed by atoms with Crippen LogP contribution in [0.4, 0.5) is 0 Å². The van der Waals surface area contributed by atoms with Crippen LogP contribution < -0.4 is 4.74 Å². The summed E-state index contributed by atoms with van der Waals surface area (Å²) in [5, 5.41) is 2.36. The van der Waals surface area contributed by atoms with Crippen LogP contribution in [0.25, 0.3) is 10.8 Å². The Labute approximate surface area is 165 Å². The van der Waals surface area contributed by atoms with Crippen molar-refractivity contribution in [2.24, 2.45) is 0 Å². The van der Waals surface area contributed by atoms with Crippen molar-refractivity contribution < 1.29 is 22.3 Å². The SMILES string of the molecule is Cc1oc(-c2cccs2)nc1CS(=O)(=O)Cc1cc(Cl)cc2c1OCOC2. The lowest BCUT2D eigenvalue weighted by molar-refractivity contribution is -0.0169. The second-order valence-corrected chi connectivity index (χ2v) is 9.64. The van der Waals surface area contributed by atoms with Crippen molar-refractivity contribution in [2.45, 2.75) is 25.0 Å². The van der Waals surface area contributed by atoms with Crippen LogP contribution in [0.5, 0.6) is 5.75 Å². The first kappa shape index (κ1) is 18.5. The Morgan fingerprint density at radius 2 is 2.15 bits per heavy atom. The van der Waals surface area contributed by atoms with Crippen LogP contribution in [0.3, 0.4) is 0 Å². The Morgan fingerprint density at radius 1 is 1.30 bits per heavy atom. The minimum atomic E-state index is -3.51. The second kappa shape index (κ2) is 7.27. The van der Waals surface area contributed by atoms with Crippen LogP contribution in [-0.2, 0) is 32.7 Å². The average molecular weight is 426 g/mol. The molecule has 0 atom stereocenters. The summed E-state index contributed by atoms with van der Waals surface area (Å²) < 4.78 is 42.0. The largest absolute Gasteiger partial charge is 0.467 e. The summed E-state index contributed by atoms with van der Waals surface area (Å²) in [6, 6.07) is 7.12. The topological polar surface area (TPSA) is 78.6 Å². The maximum Gasteiger partial charge on any atom is 0.236 e. The van der Waals surface area contributed by atoms with Crippen molar-refractivity contribution in [3.8, 4) is 16.5 Å². The number of benzene rings is 1. The number of hydrogen-bond donors (Lipinski definition) is 0. The Kier molecular flexibility index (Phi) is 4.98. The van der Waals surface area contributed by atoms with Crippen molar-refractivity contribution in [1.29, 1.82) is 0 Å². The van der Waals surface area contributed by atoms with Gasteiger partial charge in [0.2, 0.25) is 5.89 Å². The van der Waals surface area contributed by atoms with Gasteiger partial charge in [-0.3, -0.25) is 0 Å². The van der Waals surface area contributed by atoms with Crippen LogP contribution in [0.2, 0.25) is 5.02 Å². The van der Waals surface area contributed by atoms with Gasteiger partial charge in [0.05, 0.1) is 28.7 Å². The monoisotopic (exact) mass is 425 g/mol. The first-order chi connectivity index (χ1) is 12.9. The highest BCUT2D eigenvalue weighted by molar-refractivity contribution is 7.89. The maximum atomic E-state index is 12.8. The number of thiophene rings is 1. The zero-order valence-electron chi connectivity index (χ0n) is 14.4. The quantitative estimate of drug-likeness (QED) is 0.604. The zero-order valence-corrected chi connectivity index (χ0v) is 16.8. The van der Waals surface area contributed by atoms with Gasteiger partial charge in [-0.25, -0.2) is 13.4 Å². The number of aryl methyl sites for hydroxylation is 1. The van der Waals surface area contributed by atoms with E-state index < -0.39 is 9.84 Å². The van der Waals surface area contributed by atoms with E-state index in [0.717, 1.165) is 10.4 Å². The molecule has 142 valence electrons. The van der Waals surface area contributed by atoms with Crippen molar-refractivity contribution in [3.05, 3.63) is 57.2 Å². The van der Waals surface area contributed by atoms with Gasteiger partial charge in [-0.1, -0.05) is 17.7 Å². The van der Waals surface area contributed by atoms with Gasteiger partial charge in [0.15, 0.2) is 16.6 Å². The van der Waals surface area contributed by atoms with Crippen molar-refractivity contribution in [3.63, 3.8) is 0 Å². The number of oxazole rings is 1. The van der Waals surface area contributed by atoms with E-state index in [-0.39, 0.29) is 18.3 Å². The molecule has 3 heterocycles. The zero-order chi connectivity index (χ0) is 19.0. The lowest BCUT2D eigenvalue weighted by Gasteiger charge is -2.21. The van der Waals surface area contributed by atoms with Crippen LogP contribution in [0.15, 0.2) is 34.1 Å². The minimum Gasteiger partial charge on any atom is -0.467 e. The molecule has 0 saturated carbocycles. The molecule has 0 amide bonds. The second-order valence-electron chi connectivity index (χ2n) is 6.20. The minimum absolute atomic E-state index is 0.0915. The molecule has 4 rings (SSSR count). The van der Waals surface area contributed by atoms with E-state index in [0.29, 0.717) is 40.3 Å². The fourth-order valence-electron chi connectivity index (χ4n) is 2.93. The highest BCUT2D eigenvalue weighted by Gasteiger charge is 2.24. The fraction of sp³-hybridized carbons (Fsp3) is 0.278. The molecular formula is C18H16ClNO5S2. The summed E-state index contributed by atoms with van der Waals surface area (Å²) in [5.41, 5.74) is 1.69. The van der Waals surface area contributed by atoms with Gasteiger partial charge in [-0.15, -0.1) is 11.3 Å². The fourth-order valence-corrected chi connectivity index (χ4v) is 5.31. The molecule has 0 bridgehead atoms. The number of ether oxygens (including phenoxy) is 2. The average Bonchev–Trinajstić information content (AvgIpc) is 3.24. The molecule has 0 spiro atoms. The predicted octanol–water partition coefficient (Wildman–Crippen LogP) is 4.35. The number of sulfone groups is 1. The molecule has 0 N–H and O–H groups in total. The molecule has 1 aromatic carbocycles. The highest BCUT2D eigenvalue weighted by atomic mass is 35.5. The number of nitrogens with zero attached hydrogens (tertiary/aromatic N) is 1. The molecule has 27 heavy (non-hydrogen) atoms.